The van der Waals surface area contributed by atoms with E-state index in [1.165, 1.54) is 13.5 Å². The SMILES string of the molecule is COc1ccc(CB2OC3C[C@H]4C[C@@H](C4(C)C)[C@]3(C)O2)c(OC)c1C(=O)OC(C)(C)C. The van der Waals surface area contributed by atoms with Crippen molar-refractivity contribution < 1.29 is 28.3 Å². The lowest BCUT2D eigenvalue weighted by Gasteiger charge is -2.64. The Morgan fingerprint density at radius 1 is 1.16 bits per heavy atom. The molecule has 0 spiro atoms. The number of hydrogen-bond acceptors (Lipinski definition) is 6. The number of hydrogen-bond donors (Lipinski definition) is 0. The van der Waals surface area contributed by atoms with Crippen molar-refractivity contribution in [2.75, 3.05) is 14.2 Å². The number of benzene rings is 1. The van der Waals surface area contributed by atoms with E-state index in [9.17, 15) is 4.79 Å². The van der Waals surface area contributed by atoms with Gasteiger partial charge in [-0.15, -0.1) is 0 Å². The lowest BCUT2D eigenvalue weighted by molar-refractivity contribution is -0.199. The van der Waals surface area contributed by atoms with E-state index in [1.807, 2.05) is 26.8 Å². The minimum absolute atomic E-state index is 0.115. The molecule has 7 heteroatoms. The third-order valence-corrected chi connectivity index (χ3v) is 7.62. The van der Waals surface area contributed by atoms with Crippen molar-refractivity contribution in [3.8, 4) is 11.5 Å². The highest BCUT2D eigenvalue weighted by Gasteiger charge is 2.67. The zero-order valence-electron chi connectivity index (χ0n) is 20.0. The molecule has 3 aliphatic carbocycles. The molecule has 0 amide bonds. The first-order chi connectivity index (χ1) is 14.4. The maximum absolute atomic E-state index is 12.9. The summed E-state index contributed by atoms with van der Waals surface area (Å²) in [6.07, 6.45) is 2.86. The highest BCUT2D eigenvalue weighted by Crippen LogP contribution is 2.65. The number of esters is 1. The molecule has 4 aliphatic rings. The summed E-state index contributed by atoms with van der Waals surface area (Å²) in [4.78, 5) is 12.9. The molecule has 4 fully saturated rings. The van der Waals surface area contributed by atoms with E-state index in [4.69, 9.17) is 23.5 Å². The van der Waals surface area contributed by atoms with Gasteiger partial charge in [-0.2, -0.15) is 0 Å². The summed E-state index contributed by atoms with van der Waals surface area (Å²) in [5, 5.41) is 0. The predicted molar refractivity (Wildman–Crippen MR) is 119 cm³/mol. The van der Waals surface area contributed by atoms with E-state index in [2.05, 4.69) is 20.8 Å². The van der Waals surface area contributed by atoms with Crippen LogP contribution in [-0.4, -0.2) is 44.6 Å². The number of carbonyl (C=O) groups is 1. The van der Waals surface area contributed by atoms with Gasteiger partial charge in [0, 0.05) is 6.32 Å². The molecule has 1 aromatic carbocycles. The summed E-state index contributed by atoms with van der Waals surface area (Å²) < 4.78 is 29.7. The monoisotopic (exact) mass is 430 g/mol. The lowest BCUT2D eigenvalue weighted by Crippen LogP contribution is -2.65. The second-order valence-corrected chi connectivity index (χ2v) is 10.9. The molecule has 0 radical (unpaired) electrons. The molecule has 5 rings (SSSR count). The fourth-order valence-corrected chi connectivity index (χ4v) is 5.91. The van der Waals surface area contributed by atoms with Gasteiger partial charge in [-0.1, -0.05) is 19.9 Å². The zero-order valence-corrected chi connectivity index (χ0v) is 20.0. The van der Waals surface area contributed by atoms with Crippen molar-refractivity contribution in [1.29, 1.82) is 0 Å². The molecule has 0 N–H and O–H groups in total. The van der Waals surface area contributed by atoms with E-state index in [1.54, 1.807) is 13.2 Å². The van der Waals surface area contributed by atoms with Crippen LogP contribution in [0.2, 0.25) is 0 Å². The highest BCUT2D eigenvalue weighted by atomic mass is 16.7. The Morgan fingerprint density at radius 2 is 1.87 bits per heavy atom. The fraction of sp³-hybridized carbons (Fsp3) is 0.708. The fourth-order valence-electron chi connectivity index (χ4n) is 5.91. The van der Waals surface area contributed by atoms with Gasteiger partial charge in [0.25, 0.3) is 0 Å². The topological polar surface area (TPSA) is 63.2 Å². The predicted octanol–water partition coefficient (Wildman–Crippen LogP) is 4.47. The number of ether oxygens (including phenoxy) is 3. The molecular formula is C24H35BO6. The normalized spacial score (nSPS) is 31.0. The molecule has 3 saturated carbocycles. The first-order valence-electron chi connectivity index (χ1n) is 11.2. The van der Waals surface area contributed by atoms with Crippen molar-refractivity contribution in [2.45, 2.75) is 78.0 Å². The molecule has 1 aromatic rings. The lowest BCUT2D eigenvalue weighted by atomic mass is 9.43. The standard InChI is InChI=1S/C24H35BO6/c1-22(2,3)29-21(26)19-16(27-7)10-9-14(20(19)28-8)13-25-30-18-12-15-11-17(23(15,4)5)24(18,6)31-25/h9-10,15,17-18H,11-13H2,1-8H3/t15-,17+,18?,24+/m1/s1. The van der Waals surface area contributed by atoms with Crippen LogP contribution in [0.4, 0.5) is 0 Å². The van der Waals surface area contributed by atoms with Gasteiger partial charge in [0.15, 0.2) is 0 Å². The number of methoxy groups -OCH3 is 2. The van der Waals surface area contributed by atoms with Gasteiger partial charge in [0.1, 0.15) is 22.7 Å². The Balaban J connectivity index is 1.60. The molecule has 1 aliphatic heterocycles. The minimum atomic E-state index is -0.626. The van der Waals surface area contributed by atoms with E-state index >= 15 is 0 Å². The molecule has 4 atom stereocenters. The summed E-state index contributed by atoms with van der Waals surface area (Å²) in [5.41, 5.74) is 0.533. The number of carbonyl (C=O) groups excluding carboxylic acids is 1. The summed E-state index contributed by atoms with van der Waals surface area (Å²) in [6, 6.07) is 3.69. The van der Waals surface area contributed by atoms with Gasteiger partial charge in [-0.3, -0.25) is 0 Å². The maximum atomic E-state index is 12.9. The van der Waals surface area contributed by atoms with Crippen molar-refractivity contribution in [3.63, 3.8) is 0 Å². The first kappa shape index (κ1) is 22.5. The van der Waals surface area contributed by atoms with Crippen molar-refractivity contribution in [3.05, 3.63) is 23.3 Å². The van der Waals surface area contributed by atoms with Crippen LogP contribution in [0.5, 0.6) is 11.5 Å². The van der Waals surface area contributed by atoms with Gasteiger partial charge >= 0.3 is 13.1 Å². The molecular weight excluding hydrogens is 395 g/mol. The molecule has 1 heterocycles. The zero-order chi connectivity index (χ0) is 22.8. The van der Waals surface area contributed by atoms with Gasteiger partial charge in [0.2, 0.25) is 0 Å². The van der Waals surface area contributed by atoms with E-state index in [-0.39, 0.29) is 18.8 Å². The van der Waals surface area contributed by atoms with Gasteiger partial charge in [-0.25, -0.2) is 4.79 Å². The van der Waals surface area contributed by atoms with Crippen molar-refractivity contribution >= 4 is 13.1 Å². The Morgan fingerprint density at radius 3 is 2.45 bits per heavy atom. The van der Waals surface area contributed by atoms with E-state index < -0.39 is 11.6 Å². The highest BCUT2D eigenvalue weighted by molar-refractivity contribution is 6.45. The Hall–Kier alpha value is -1.73. The second kappa shape index (κ2) is 7.41. The van der Waals surface area contributed by atoms with Crippen LogP contribution in [0, 0.1) is 17.3 Å². The van der Waals surface area contributed by atoms with Gasteiger partial charge in [-0.05, 0) is 69.4 Å². The number of rotatable bonds is 5. The van der Waals surface area contributed by atoms with Crippen molar-refractivity contribution in [2.24, 2.45) is 17.3 Å². The molecule has 1 saturated heterocycles. The molecule has 2 bridgehead atoms. The van der Waals surface area contributed by atoms with Crippen LogP contribution in [-0.2, 0) is 20.4 Å². The van der Waals surface area contributed by atoms with Crippen LogP contribution in [0.25, 0.3) is 0 Å². The summed E-state index contributed by atoms with van der Waals surface area (Å²) in [6.45, 7) is 12.4. The van der Waals surface area contributed by atoms with E-state index in [0.717, 1.165) is 12.0 Å². The van der Waals surface area contributed by atoms with E-state index in [0.29, 0.717) is 40.6 Å². The van der Waals surface area contributed by atoms with Crippen LogP contribution in [0.1, 0.15) is 70.3 Å². The van der Waals surface area contributed by atoms with Crippen molar-refractivity contribution in [1.82, 2.24) is 0 Å². The molecule has 31 heavy (non-hydrogen) atoms. The summed E-state index contributed by atoms with van der Waals surface area (Å²) in [5.74, 6) is 1.60. The Bertz CT molecular complexity index is 876. The smallest absolute Gasteiger partial charge is 0.462 e. The van der Waals surface area contributed by atoms with Gasteiger partial charge in [0.05, 0.1) is 25.9 Å². The molecule has 6 nitrogen and oxygen atoms in total. The summed E-state index contributed by atoms with van der Waals surface area (Å²) >= 11 is 0. The minimum Gasteiger partial charge on any atom is -0.496 e. The third-order valence-electron chi connectivity index (χ3n) is 7.62. The summed E-state index contributed by atoms with van der Waals surface area (Å²) in [7, 11) is 2.71. The van der Waals surface area contributed by atoms with Gasteiger partial charge < -0.3 is 23.5 Å². The maximum Gasteiger partial charge on any atom is 0.462 e. The van der Waals surface area contributed by atoms with Crippen LogP contribution >= 0.6 is 0 Å². The Kier molecular flexibility index (Phi) is 5.37. The quantitative estimate of drug-likeness (QED) is 0.508. The van der Waals surface area contributed by atoms with Crippen LogP contribution in [0.3, 0.4) is 0 Å². The molecule has 1 unspecified atom stereocenters. The molecule has 0 aromatic heterocycles. The molecule has 170 valence electrons. The third kappa shape index (κ3) is 3.64. The average molecular weight is 430 g/mol. The Labute approximate surface area is 186 Å². The second-order valence-electron chi connectivity index (χ2n) is 10.9. The van der Waals surface area contributed by atoms with Crippen LogP contribution < -0.4 is 9.47 Å². The largest absolute Gasteiger partial charge is 0.496 e. The van der Waals surface area contributed by atoms with Crippen LogP contribution in [0.15, 0.2) is 12.1 Å². The first-order valence-corrected chi connectivity index (χ1v) is 11.2. The average Bonchev–Trinajstić information content (AvgIpc) is 3.01.